The fourth-order valence-electron chi connectivity index (χ4n) is 1.29. The van der Waals surface area contributed by atoms with E-state index < -0.39 is 11.7 Å². The highest BCUT2D eigenvalue weighted by Crippen LogP contribution is 2.18. The third-order valence-electron chi connectivity index (χ3n) is 2.24. The number of rotatable bonds is 1. The number of alkyl halides is 1. The zero-order valence-electron chi connectivity index (χ0n) is 6.36. The second kappa shape index (κ2) is 2.84. The van der Waals surface area contributed by atoms with E-state index in [1.165, 1.54) is 6.92 Å². The van der Waals surface area contributed by atoms with E-state index in [0.29, 0.717) is 6.54 Å². The lowest BCUT2D eigenvalue weighted by atomic mass is 9.87. The Bertz CT molecular complexity index is 108. The molecular formula is C7H15FN2. The maximum atomic E-state index is 12.8. The monoisotopic (exact) mass is 146 g/mol. The minimum Gasteiger partial charge on any atom is -0.322 e. The maximum Gasteiger partial charge on any atom is 0.116 e. The van der Waals surface area contributed by atoms with Crippen molar-refractivity contribution in [3.63, 3.8) is 0 Å². The van der Waals surface area contributed by atoms with E-state index in [1.54, 1.807) is 0 Å². The lowest BCUT2D eigenvalue weighted by Crippen LogP contribution is -2.57. The first-order valence-corrected chi connectivity index (χ1v) is 3.79. The van der Waals surface area contributed by atoms with Gasteiger partial charge in [0.2, 0.25) is 0 Å². The van der Waals surface area contributed by atoms with Crippen molar-refractivity contribution >= 4 is 0 Å². The van der Waals surface area contributed by atoms with Crippen molar-refractivity contribution in [2.75, 3.05) is 13.1 Å². The van der Waals surface area contributed by atoms with E-state index in [4.69, 9.17) is 5.73 Å². The Morgan fingerprint density at radius 2 is 2.40 bits per heavy atom. The van der Waals surface area contributed by atoms with E-state index in [0.717, 1.165) is 19.4 Å². The molecule has 2 nitrogen and oxygen atoms in total. The van der Waals surface area contributed by atoms with Crippen LogP contribution in [-0.2, 0) is 0 Å². The highest BCUT2D eigenvalue weighted by Gasteiger charge is 2.33. The van der Waals surface area contributed by atoms with E-state index >= 15 is 0 Å². The van der Waals surface area contributed by atoms with E-state index in [1.807, 2.05) is 0 Å². The van der Waals surface area contributed by atoms with Crippen molar-refractivity contribution in [1.82, 2.24) is 5.32 Å². The zero-order valence-corrected chi connectivity index (χ0v) is 6.36. The van der Waals surface area contributed by atoms with Gasteiger partial charge in [0.05, 0.1) is 5.54 Å². The van der Waals surface area contributed by atoms with Crippen molar-refractivity contribution in [2.24, 2.45) is 5.73 Å². The van der Waals surface area contributed by atoms with Crippen LogP contribution in [0.2, 0.25) is 0 Å². The first-order chi connectivity index (χ1) is 4.65. The minimum atomic E-state index is -0.903. The van der Waals surface area contributed by atoms with Crippen LogP contribution in [0.25, 0.3) is 0 Å². The van der Waals surface area contributed by atoms with Crippen LogP contribution < -0.4 is 11.1 Å². The average molecular weight is 146 g/mol. The molecular weight excluding hydrogens is 131 g/mol. The summed E-state index contributed by atoms with van der Waals surface area (Å²) in [4.78, 5) is 0. The molecule has 0 aliphatic carbocycles. The third-order valence-corrected chi connectivity index (χ3v) is 2.24. The largest absolute Gasteiger partial charge is 0.322 e. The molecule has 2 atom stereocenters. The second-order valence-corrected chi connectivity index (χ2v) is 3.13. The van der Waals surface area contributed by atoms with Gasteiger partial charge in [0.1, 0.15) is 6.17 Å². The van der Waals surface area contributed by atoms with Crippen molar-refractivity contribution in [1.29, 1.82) is 0 Å². The predicted octanol–water partition coefficient (Wildman–Crippen LogP) is 0.425. The topological polar surface area (TPSA) is 38.0 Å². The summed E-state index contributed by atoms with van der Waals surface area (Å²) in [5, 5.41) is 3.09. The molecule has 3 heteroatoms. The summed E-state index contributed by atoms with van der Waals surface area (Å²) < 4.78 is 12.8. The van der Waals surface area contributed by atoms with Crippen LogP contribution in [0.1, 0.15) is 19.8 Å². The third kappa shape index (κ3) is 1.47. The van der Waals surface area contributed by atoms with E-state index in [9.17, 15) is 4.39 Å². The van der Waals surface area contributed by atoms with Crippen molar-refractivity contribution in [3.8, 4) is 0 Å². The van der Waals surface area contributed by atoms with Gasteiger partial charge in [-0.3, -0.25) is 0 Å². The zero-order chi connectivity index (χ0) is 7.61. The van der Waals surface area contributed by atoms with Gasteiger partial charge in [-0.25, -0.2) is 4.39 Å². The molecule has 1 saturated heterocycles. The Morgan fingerprint density at radius 1 is 1.70 bits per heavy atom. The molecule has 1 heterocycles. The minimum absolute atomic E-state index is 0.599. The Kier molecular flexibility index (Phi) is 2.26. The molecule has 0 spiro atoms. The summed E-state index contributed by atoms with van der Waals surface area (Å²) in [5.41, 5.74) is 5.17. The van der Waals surface area contributed by atoms with Crippen LogP contribution in [0.5, 0.6) is 0 Å². The van der Waals surface area contributed by atoms with E-state index in [2.05, 4.69) is 5.32 Å². The van der Waals surface area contributed by atoms with Crippen molar-refractivity contribution in [3.05, 3.63) is 0 Å². The van der Waals surface area contributed by atoms with Crippen molar-refractivity contribution < 1.29 is 4.39 Å². The summed E-state index contributed by atoms with van der Waals surface area (Å²) in [5.74, 6) is 0. The van der Waals surface area contributed by atoms with Gasteiger partial charge in [-0.1, -0.05) is 0 Å². The number of nitrogens with two attached hydrogens (primary N) is 1. The molecule has 0 saturated carbocycles. The van der Waals surface area contributed by atoms with E-state index in [-0.39, 0.29) is 0 Å². The van der Waals surface area contributed by atoms with Gasteiger partial charge in [0.15, 0.2) is 0 Å². The fourth-order valence-corrected chi connectivity index (χ4v) is 1.29. The summed E-state index contributed by atoms with van der Waals surface area (Å²) in [6, 6.07) is 0. The Balaban J connectivity index is 2.48. The van der Waals surface area contributed by atoms with Crippen LogP contribution >= 0.6 is 0 Å². The van der Waals surface area contributed by atoms with Gasteiger partial charge in [0.25, 0.3) is 0 Å². The number of hydrogen-bond donors (Lipinski definition) is 2. The van der Waals surface area contributed by atoms with Crippen LogP contribution in [0.4, 0.5) is 4.39 Å². The number of hydrogen-bond acceptors (Lipinski definition) is 2. The Morgan fingerprint density at radius 3 is 2.70 bits per heavy atom. The molecule has 60 valence electrons. The molecule has 0 bridgehead atoms. The van der Waals surface area contributed by atoms with Crippen LogP contribution in [0.3, 0.4) is 0 Å². The number of halogens is 1. The molecule has 3 N–H and O–H groups in total. The summed E-state index contributed by atoms with van der Waals surface area (Å²) in [6.45, 7) is 3.13. The van der Waals surface area contributed by atoms with Crippen LogP contribution in [-0.4, -0.2) is 24.8 Å². The molecule has 0 amide bonds. The molecule has 0 aromatic rings. The van der Waals surface area contributed by atoms with Gasteiger partial charge in [-0.15, -0.1) is 0 Å². The second-order valence-electron chi connectivity index (χ2n) is 3.13. The quantitative estimate of drug-likeness (QED) is 0.563. The average Bonchev–Trinajstić information content (AvgIpc) is 1.89. The van der Waals surface area contributed by atoms with Gasteiger partial charge < -0.3 is 11.1 Å². The Labute approximate surface area is 61.0 Å². The summed E-state index contributed by atoms with van der Waals surface area (Å²) in [7, 11) is 0. The highest BCUT2D eigenvalue weighted by molar-refractivity contribution is 4.94. The molecule has 2 unspecified atom stereocenters. The predicted molar refractivity (Wildman–Crippen MR) is 39.6 cm³/mol. The lowest BCUT2D eigenvalue weighted by molar-refractivity contribution is 0.169. The molecule has 0 aromatic heterocycles. The standard InChI is InChI=1S/C7H15FN2/c1-6(8)7(9)3-2-4-10-5-7/h6,10H,2-5,9H2,1H3. The fraction of sp³-hybridized carbons (Fsp3) is 1.00. The van der Waals surface area contributed by atoms with Gasteiger partial charge in [0, 0.05) is 6.54 Å². The molecule has 0 radical (unpaired) electrons. The first-order valence-electron chi connectivity index (χ1n) is 3.79. The molecule has 1 rings (SSSR count). The summed E-state index contributed by atoms with van der Waals surface area (Å²) >= 11 is 0. The van der Waals surface area contributed by atoms with Crippen molar-refractivity contribution in [2.45, 2.75) is 31.5 Å². The Hall–Kier alpha value is -0.150. The molecule has 1 aliphatic heterocycles. The van der Waals surface area contributed by atoms with Crippen LogP contribution in [0.15, 0.2) is 0 Å². The van der Waals surface area contributed by atoms with Gasteiger partial charge in [-0.05, 0) is 26.3 Å². The highest BCUT2D eigenvalue weighted by atomic mass is 19.1. The van der Waals surface area contributed by atoms with Crippen LogP contribution in [0, 0.1) is 0 Å². The molecule has 0 aromatic carbocycles. The molecule has 1 fully saturated rings. The van der Waals surface area contributed by atoms with Gasteiger partial charge in [-0.2, -0.15) is 0 Å². The first kappa shape index (κ1) is 7.95. The van der Waals surface area contributed by atoms with Gasteiger partial charge >= 0.3 is 0 Å². The summed E-state index contributed by atoms with van der Waals surface area (Å²) in [6.07, 6.45) is 0.892. The lowest BCUT2D eigenvalue weighted by Gasteiger charge is -2.35. The normalized spacial score (nSPS) is 37.5. The smallest absolute Gasteiger partial charge is 0.116 e. The molecule has 1 aliphatic rings. The number of nitrogens with one attached hydrogen (secondary N) is 1. The molecule has 10 heavy (non-hydrogen) atoms. The maximum absolute atomic E-state index is 12.8. The SMILES string of the molecule is CC(F)C1(N)CCCNC1. The number of piperidine rings is 1.